The van der Waals surface area contributed by atoms with Crippen molar-refractivity contribution in [1.82, 2.24) is 10.2 Å². The van der Waals surface area contributed by atoms with Gasteiger partial charge < -0.3 is 20.5 Å². The molecule has 0 saturated heterocycles. The topological polar surface area (TPSA) is 76.8 Å². The number of hydrogen-bond donors (Lipinski definition) is 2. The van der Waals surface area contributed by atoms with E-state index in [0.29, 0.717) is 19.6 Å². The molecule has 0 radical (unpaired) electrons. The number of nitrogens with two attached hydrogens (primary N) is 1. The van der Waals surface area contributed by atoms with Gasteiger partial charge in [0.15, 0.2) is 0 Å². The van der Waals surface area contributed by atoms with E-state index in [1.165, 1.54) is 0 Å². The van der Waals surface area contributed by atoms with E-state index in [2.05, 4.69) is 10.2 Å². The van der Waals surface area contributed by atoms with E-state index in [4.69, 9.17) is 15.2 Å². The highest BCUT2D eigenvalue weighted by molar-refractivity contribution is 5.79. The molecule has 0 aromatic heterocycles. The van der Waals surface area contributed by atoms with Gasteiger partial charge in [0.2, 0.25) is 5.91 Å². The largest absolute Gasteiger partial charge is 0.383 e. The monoisotopic (exact) mass is 275 g/mol. The standard InChI is InChI=1S/C13H29N3O3/c1-11(2)15-12(13(14)17)5-6-16(7-9-18-3)8-10-19-4/h11-12,15H,5-10H2,1-4H3,(H2,14,17). The van der Waals surface area contributed by atoms with E-state index < -0.39 is 0 Å². The highest BCUT2D eigenvalue weighted by Gasteiger charge is 2.17. The normalized spacial score (nSPS) is 13.2. The van der Waals surface area contributed by atoms with Gasteiger partial charge in [0.25, 0.3) is 0 Å². The van der Waals surface area contributed by atoms with Crippen LogP contribution in [0, 0.1) is 0 Å². The van der Waals surface area contributed by atoms with Crippen molar-refractivity contribution in [1.29, 1.82) is 0 Å². The lowest BCUT2D eigenvalue weighted by Crippen LogP contribution is -2.46. The lowest BCUT2D eigenvalue weighted by Gasteiger charge is -2.25. The summed E-state index contributed by atoms with van der Waals surface area (Å²) in [6, 6.07) is -0.0449. The Morgan fingerprint density at radius 2 is 1.68 bits per heavy atom. The van der Waals surface area contributed by atoms with Crippen LogP contribution in [0.4, 0.5) is 0 Å². The molecule has 1 amide bonds. The molecular formula is C13H29N3O3. The summed E-state index contributed by atoms with van der Waals surface area (Å²) in [4.78, 5) is 13.6. The highest BCUT2D eigenvalue weighted by Crippen LogP contribution is 1.99. The Bertz CT molecular complexity index is 229. The number of carbonyl (C=O) groups excluding carboxylic acids is 1. The molecule has 114 valence electrons. The number of nitrogens with zero attached hydrogens (tertiary/aromatic N) is 1. The third kappa shape index (κ3) is 9.84. The fraction of sp³-hybridized carbons (Fsp3) is 0.923. The van der Waals surface area contributed by atoms with Crippen molar-refractivity contribution in [2.45, 2.75) is 32.4 Å². The van der Waals surface area contributed by atoms with E-state index in [1.807, 2.05) is 13.8 Å². The van der Waals surface area contributed by atoms with Gasteiger partial charge in [0, 0.05) is 39.9 Å². The lowest BCUT2D eigenvalue weighted by atomic mass is 10.1. The predicted octanol–water partition coefficient (Wildman–Crippen LogP) is -0.177. The van der Waals surface area contributed by atoms with Crippen LogP contribution in [-0.2, 0) is 14.3 Å². The number of amides is 1. The van der Waals surface area contributed by atoms with Crippen LogP contribution >= 0.6 is 0 Å². The number of rotatable bonds is 12. The van der Waals surface area contributed by atoms with E-state index in [-0.39, 0.29) is 18.0 Å². The fourth-order valence-corrected chi connectivity index (χ4v) is 1.80. The number of nitrogens with one attached hydrogen (secondary N) is 1. The van der Waals surface area contributed by atoms with Gasteiger partial charge in [-0.3, -0.25) is 9.69 Å². The molecule has 0 rings (SSSR count). The number of hydrogen-bond acceptors (Lipinski definition) is 5. The molecule has 3 N–H and O–H groups in total. The zero-order valence-electron chi connectivity index (χ0n) is 12.6. The maximum Gasteiger partial charge on any atom is 0.234 e. The molecule has 0 aliphatic rings. The predicted molar refractivity (Wildman–Crippen MR) is 76.1 cm³/mol. The Kier molecular flexibility index (Phi) is 10.8. The molecule has 1 atom stereocenters. The zero-order valence-corrected chi connectivity index (χ0v) is 12.6. The van der Waals surface area contributed by atoms with Crippen molar-refractivity contribution >= 4 is 5.91 Å². The summed E-state index contributed by atoms with van der Waals surface area (Å²) < 4.78 is 10.2. The number of methoxy groups -OCH3 is 2. The molecule has 0 bridgehead atoms. The molecule has 0 aliphatic carbocycles. The number of ether oxygens (including phenoxy) is 2. The van der Waals surface area contributed by atoms with Crippen LogP contribution in [0.2, 0.25) is 0 Å². The molecule has 6 heteroatoms. The second-order valence-electron chi connectivity index (χ2n) is 4.89. The van der Waals surface area contributed by atoms with Gasteiger partial charge in [-0.1, -0.05) is 13.8 Å². The summed E-state index contributed by atoms with van der Waals surface area (Å²) in [6.07, 6.45) is 0.695. The molecule has 1 unspecified atom stereocenters. The fourth-order valence-electron chi connectivity index (χ4n) is 1.80. The Morgan fingerprint density at radius 1 is 1.16 bits per heavy atom. The minimum Gasteiger partial charge on any atom is -0.383 e. The van der Waals surface area contributed by atoms with Crippen molar-refractivity contribution in [3.8, 4) is 0 Å². The van der Waals surface area contributed by atoms with Gasteiger partial charge >= 0.3 is 0 Å². The van der Waals surface area contributed by atoms with E-state index in [0.717, 1.165) is 19.6 Å². The molecule has 0 spiro atoms. The van der Waals surface area contributed by atoms with Crippen molar-refractivity contribution in [3.05, 3.63) is 0 Å². The van der Waals surface area contributed by atoms with E-state index in [9.17, 15) is 4.79 Å². The Morgan fingerprint density at radius 3 is 2.05 bits per heavy atom. The second-order valence-corrected chi connectivity index (χ2v) is 4.89. The van der Waals surface area contributed by atoms with Crippen LogP contribution in [0.1, 0.15) is 20.3 Å². The summed E-state index contributed by atoms with van der Waals surface area (Å²) in [5.74, 6) is -0.299. The van der Waals surface area contributed by atoms with Gasteiger partial charge in [0.05, 0.1) is 19.3 Å². The number of primary amides is 1. The van der Waals surface area contributed by atoms with Gasteiger partial charge in [-0.15, -0.1) is 0 Å². The molecule has 0 saturated carbocycles. The van der Waals surface area contributed by atoms with Gasteiger partial charge in [-0.05, 0) is 6.42 Å². The average Bonchev–Trinajstić information content (AvgIpc) is 2.35. The maximum absolute atomic E-state index is 11.4. The summed E-state index contributed by atoms with van der Waals surface area (Å²) in [5.41, 5.74) is 5.40. The van der Waals surface area contributed by atoms with Crippen LogP contribution in [0.3, 0.4) is 0 Å². The Labute approximate surface area is 116 Å². The van der Waals surface area contributed by atoms with Crippen LogP contribution in [0.25, 0.3) is 0 Å². The Hall–Kier alpha value is -0.690. The second kappa shape index (κ2) is 11.2. The van der Waals surface area contributed by atoms with E-state index >= 15 is 0 Å². The number of carbonyl (C=O) groups is 1. The van der Waals surface area contributed by atoms with Crippen molar-refractivity contribution in [2.75, 3.05) is 47.1 Å². The SMILES string of the molecule is COCCN(CCOC)CCC(NC(C)C)C(N)=O. The van der Waals surface area contributed by atoms with Gasteiger partial charge in [-0.2, -0.15) is 0 Å². The lowest BCUT2D eigenvalue weighted by molar-refractivity contribution is -0.120. The first-order valence-electron chi connectivity index (χ1n) is 6.76. The summed E-state index contributed by atoms with van der Waals surface area (Å²) in [7, 11) is 3.36. The minimum atomic E-state index is -0.299. The molecule has 19 heavy (non-hydrogen) atoms. The van der Waals surface area contributed by atoms with Crippen LogP contribution < -0.4 is 11.1 Å². The molecule has 0 fully saturated rings. The molecule has 0 heterocycles. The van der Waals surface area contributed by atoms with Crippen LogP contribution in [0.15, 0.2) is 0 Å². The van der Waals surface area contributed by atoms with Crippen molar-refractivity contribution in [3.63, 3.8) is 0 Å². The van der Waals surface area contributed by atoms with Crippen LogP contribution in [0.5, 0.6) is 0 Å². The smallest absolute Gasteiger partial charge is 0.234 e. The van der Waals surface area contributed by atoms with E-state index in [1.54, 1.807) is 14.2 Å². The first-order valence-corrected chi connectivity index (χ1v) is 6.76. The quantitative estimate of drug-likeness (QED) is 0.517. The summed E-state index contributed by atoms with van der Waals surface area (Å²) in [6.45, 7) is 7.79. The molecule has 0 aromatic carbocycles. The molecular weight excluding hydrogens is 246 g/mol. The maximum atomic E-state index is 11.4. The highest BCUT2D eigenvalue weighted by atomic mass is 16.5. The summed E-state index contributed by atoms with van der Waals surface area (Å²) >= 11 is 0. The average molecular weight is 275 g/mol. The molecule has 0 aliphatic heterocycles. The third-order valence-corrected chi connectivity index (χ3v) is 2.84. The van der Waals surface area contributed by atoms with Gasteiger partial charge in [-0.25, -0.2) is 0 Å². The molecule has 6 nitrogen and oxygen atoms in total. The third-order valence-electron chi connectivity index (χ3n) is 2.84. The first-order chi connectivity index (χ1) is 9.01. The van der Waals surface area contributed by atoms with Crippen LogP contribution in [-0.4, -0.2) is 70.0 Å². The van der Waals surface area contributed by atoms with Crippen molar-refractivity contribution in [2.24, 2.45) is 5.73 Å². The Balaban J connectivity index is 4.18. The van der Waals surface area contributed by atoms with Gasteiger partial charge in [0.1, 0.15) is 0 Å². The first kappa shape index (κ1) is 18.3. The van der Waals surface area contributed by atoms with Crippen molar-refractivity contribution < 1.29 is 14.3 Å². The zero-order chi connectivity index (χ0) is 14.7. The summed E-state index contributed by atoms with van der Waals surface area (Å²) in [5, 5.41) is 3.18. The molecule has 0 aromatic rings. The minimum absolute atomic E-state index is 0.240.